The summed E-state index contributed by atoms with van der Waals surface area (Å²) < 4.78 is 15.1. The minimum Gasteiger partial charge on any atom is -0.427 e. The zero-order chi connectivity index (χ0) is 29.0. The van der Waals surface area contributed by atoms with Crippen LogP contribution in [0.15, 0.2) is 121 Å². The van der Waals surface area contributed by atoms with Gasteiger partial charge in [-0.3, -0.25) is 0 Å². The topological polar surface area (TPSA) is 21.7 Å². The van der Waals surface area contributed by atoms with Crippen LogP contribution in [-0.2, 0) is 17.1 Å². The molecule has 1 atom stereocenters. The van der Waals surface area contributed by atoms with Crippen LogP contribution in [0.5, 0.6) is 11.5 Å². The number of hydrogen-bond acceptors (Lipinski definition) is 3. The third-order valence-corrected chi connectivity index (χ3v) is 10.9. The molecule has 0 aliphatic heterocycles. The molecule has 4 aromatic rings. The molecule has 10 radical (unpaired) electrons. The molecule has 0 amide bonds. The van der Waals surface area contributed by atoms with Crippen LogP contribution in [0.25, 0.3) is 0 Å². The Morgan fingerprint density at radius 1 is 0.535 bits per heavy atom. The normalized spacial score (nSPS) is 16.0. The molecule has 43 heavy (non-hydrogen) atoms. The van der Waals surface area contributed by atoms with Gasteiger partial charge in [-0.25, -0.2) is 4.67 Å². The van der Waals surface area contributed by atoms with Crippen molar-refractivity contribution < 1.29 is 26.1 Å². The van der Waals surface area contributed by atoms with Crippen LogP contribution in [0.2, 0.25) is 0 Å². The second-order valence-electron chi connectivity index (χ2n) is 9.63. The fourth-order valence-electron chi connectivity index (χ4n) is 4.52. The van der Waals surface area contributed by atoms with Crippen LogP contribution in [-0.4, -0.2) is 17.8 Å². The van der Waals surface area contributed by atoms with Crippen molar-refractivity contribution in [1.29, 1.82) is 0 Å². The van der Waals surface area contributed by atoms with Crippen molar-refractivity contribution in [3.8, 4) is 11.5 Å². The number of rotatable bonds is 10. The quantitative estimate of drug-likeness (QED) is 0.128. The van der Waals surface area contributed by atoms with Gasteiger partial charge in [-0.05, 0) is 108 Å². The van der Waals surface area contributed by atoms with Crippen LogP contribution in [0, 0.1) is 62.9 Å². The first-order chi connectivity index (χ1) is 20.7. The molecule has 6 rings (SSSR count). The number of nitrogens with zero attached hydrogens (tertiary/aromatic N) is 1. The van der Waals surface area contributed by atoms with Crippen molar-refractivity contribution in [2.75, 3.05) is 7.05 Å². The van der Waals surface area contributed by atoms with Crippen molar-refractivity contribution in [2.24, 2.45) is 0 Å². The van der Waals surface area contributed by atoms with E-state index in [1.54, 1.807) is 0 Å². The van der Waals surface area contributed by atoms with Crippen molar-refractivity contribution >= 4 is 27.1 Å². The van der Waals surface area contributed by atoms with E-state index < -0.39 is 16.4 Å². The standard InChI is InChI=1S/C32H30NO2P2.C5H5.Fe/c1-26(33(2)37(34-27-16-7-3-8-17-27)35-28-18-9-4-10-19-28)31-24-15-25-32(31)36(29-20-11-5-12-21-29)30-22-13-6-14-23-30;1-2-4-5-3-1;/h3-26H,1-2H3;1-5H;/q;;+2/t26-;;/m0../s1. The van der Waals surface area contributed by atoms with Gasteiger partial charge in [-0.1, -0.05) is 97.1 Å². The molecule has 2 saturated carbocycles. The molecule has 0 saturated heterocycles. The molecule has 2 fully saturated rings. The maximum atomic E-state index is 6.44. The van der Waals surface area contributed by atoms with Gasteiger partial charge in [-0.2, -0.15) is 0 Å². The predicted molar refractivity (Wildman–Crippen MR) is 178 cm³/mol. The molecule has 0 bridgehead atoms. The number of para-hydroxylation sites is 2. The Bertz CT molecular complexity index is 1210. The van der Waals surface area contributed by atoms with Gasteiger partial charge in [0.05, 0.1) is 0 Å². The molecular formula is C37H35FeNO2P2+2. The number of benzene rings is 4. The molecule has 0 aromatic heterocycles. The van der Waals surface area contributed by atoms with Crippen LogP contribution in [0.3, 0.4) is 0 Å². The molecule has 2 aliphatic carbocycles. The fraction of sp³-hybridized carbons (Fsp3) is 0.0811. The molecule has 4 aromatic carbocycles. The fourth-order valence-corrected chi connectivity index (χ4v) is 8.37. The van der Waals surface area contributed by atoms with Gasteiger partial charge in [0.25, 0.3) is 0 Å². The van der Waals surface area contributed by atoms with Crippen molar-refractivity contribution in [3.05, 3.63) is 184 Å². The van der Waals surface area contributed by atoms with Crippen LogP contribution in [0.4, 0.5) is 0 Å². The van der Waals surface area contributed by atoms with Crippen molar-refractivity contribution in [3.63, 3.8) is 0 Å². The molecule has 216 valence electrons. The summed E-state index contributed by atoms with van der Waals surface area (Å²) in [5.74, 6) is 2.88. The smallest absolute Gasteiger partial charge is 0.427 e. The minimum atomic E-state index is -1.42. The Labute approximate surface area is 272 Å². The average molecular weight is 643 g/mol. The van der Waals surface area contributed by atoms with Gasteiger partial charge in [-0.15, -0.1) is 0 Å². The molecule has 0 spiro atoms. The van der Waals surface area contributed by atoms with Gasteiger partial charge in [0.2, 0.25) is 0 Å². The van der Waals surface area contributed by atoms with Gasteiger partial charge < -0.3 is 9.05 Å². The maximum absolute atomic E-state index is 6.44. The zero-order valence-electron chi connectivity index (χ0n) is 24.3. The summed E-state index contributed by atoms with van der Waals surface area (Å²) >= 11 is 0. The van der Waals surface area contributed by atoms with E-state index in [1.807, 2.05) is 92.8 Å². The summed E-state index contributed by atoms with van der Waals surface area (Å²) in [6, 6.07) is 41.5. The van der Waals surface area contributed by atoms with E-state index in [2.05, 4.69) is 98.6 Å². The summed E-state index contributed by atoms with van der Waals surface area (Å²) in [5, 5.41) is 2.68. The number of hydrogen-bond donors (Lipinski definition) is 0. The van der Waals surface area contributed by atoms with E-state index in [9.17, 15) is 0 Å². The molecule has 0 N–H and O–H groups in total. The van der Waals surface area contributed by atoms with Gasteiger partial charge >= 0.3 is 25.6 Å². The third kappa shape index (κ3) is 9.65. The van der Waals surface area contributed by atoms with E-state index in [0.717, 1.165) is 11.5 Å². The van der Waals surface area contributed by atoms with E-state index in [4.69, 9.17) is 9.05 Å². The van der Waals surface area contributed by atoms with Crippen molar-refractivity contribution in [1.82, 2.24) is 4.67 Å². The largest absolute Gasteiger partial charge is 2.00 e. The Hall–Kier alpha value is -2.18. The molecule has 0 unspecified atom stereocenters. The average Bonchev–Trinajstić information content (AvgIpc) is 3.79. The summed E-state index contributed by atoms with van der Waals surface area (Å²) in [6.07, 6.45) is 16.7. The summed E-state index contributed by atoms with van der Waals surface area (Å²) in [6.45, 7) is 2.24. The molecule has 3 nitrogen and oxygen atoms in total. The summed E-state index contributed by atoms with van der Waals surface area (Å²) in [4.78, 5) is 0. The van der Waals surface area contributed by atoms with Crippen molar-refractivity contribution in [2.45, 2.75) is 13.0 Å². The molecular weight excluding hydrogens is 608 g/mol. The molecule has 2 aliphatic rings. The Balaban J connectivity index is 0.000000641. The van der Waals surface area contributed by atoms with Gasteiger partial charge in [0.1, 0.15) is 11.5 Å². The first-order valence-electron chi connectivity index (χ1n) is 14.0. The first kappa shape index (κ1) is 33.7. The Morgan fingerprint density at radius 2 is 0.930 bits per heavy atom. The first-order valence-corrected chi connectivity index (χ1v) is 16.5. The minimum absolute atomic E-state index is 0. The molecule has 6 heteroatoms. The summed E-state index contributed by atoms with van der Waals surface area (Å²) in [7, 11) is -0.0321. The van der Waals surface area contributed by atoms with E-state index in [1.165, 1.54) is 22.2 Å². The van der Waals surface area contributed by atoms with E-state index >= 15 is 0 Å². The van der Waals surface area contributed by atoms with Crippen LogP contribution < -0.4 is 19.7 Å². The Morgan fingerprint density at radius 3 is 1.35 bits per heavy atom. The van der Waals surface area contributed by atoms with E-state index in [0.29, 0.717) is 0 Å². The maximum Gasteiger partial charge on any atom is 2.00 e. The third-order valence-electron chi connectivity index (χ3n) is 6.77. The Kier molecular flexibility index (Phi) is 14.1. The summed E-state index contributed by atoms with van der Waals surface area (Å²) in [5.41, 5.74) is 1.36. The van der Waals surface area contributed by atoms with Gasteiger partial charge in [0, 0.05) is 17.6 Å². The second kappa shape index (κ2) is 17.9. The second-order valence-corrected chi connectivity index (χ2v) is 13.3. The van der Waals surface area contributed by atoms with E-state index in [-0.39, 0.29) is 23.1 Å². The SMILES string of the molecule is C[C@@H]([C]1[CH][CH][CH][C]1P(c1ccccc1)c1ccccc1)N(C)P(Oc1ccccc1)Oc1ccccc1.[CH]1[CH][CH][CH][CH]1.[Fe+2]. The zero-order valence-corrected chi connectivity index (χ0v) is 27.1. The van der Waals surface area contributed by atoms with Crippen LogP contribution in [0.1, 0.15) is 6.92 Å². The van der Waals surface area contributed by atoms with Gasteiger partial charge in [0.15, 0.2) is 0 Å². The monoisotopic (exact) mass is 643 g/mol. The molecule has 0 heterocycles. The van der Waals surface area contributed by atoms with Crippen LogP contribution >= 0.6 is 16.4 Å². The predicted octanol–water partition coefficient (Wildman–Crippen LogP) is 8.58.